The summed E-state index contributed by atoms with van der Waals surface area (Å²) in [6.07, 6.45) is 3.66. The number of fused-ring (bicyclic) bond motifs is 1. The van der Waals surface area contributed by atoms with Crippen molar-refractivity contribution in [2.24, 2.45) is 0 Å². The number of carbonyl (C=O) groups is 1. The smallest absolute Gasteiger partial charge is 0.270 e. The fourth-order valence-electron chi connectivity index (χ4n) is 5.89. The van der Waals surface area contributed by atoms with Gasteiger partial charge in [0.2, 0.25) is 5.91 Å². The first kappa shape index (κ1) is 25.3. The number of rotatable bonds is 7. The maximum atomic E-state index is 13.7. The molecule has 1 aromatic heterocycles. The number of carbonyl (C=O) groups excluding carboxylic acids is 1. The standard InChI is InChI=1S/C31H31N3O5/c35-30(32-15-13-31(14-16-32)38-17-18-39-31)20-26(24-9-5-2-6-10-24)28-22-33(21-23-7-3-1-4-8-23)29-12-11-25(34(36)37)19-27(28)29/h1-12,19,22,26H,13-18,20-21H2/t26-/m1/s1. The number of likely N-dealkylation sites (tertiary alicyclic amines) is 1. The Hall–Kier alpha value is -4.01. The molecule has 2 aliphatic rings. The first-order chi connectivity index (χ1) is 19.0. The van der Waals surface area contributed by atoms with E-state index in [0.29, 0.717) is 45.7 Å². The molecule has 0 aliphatic carbocycles. The lowest BCUT2D eigenvalue weighted by atomic mass is 9.87. The van der Waals surface area contributed by atoms with E-state index in [4.69, 9.17) is 9.47 Å². The van der Waals surface area contributed by atoms with Crippen LogP contribution in [0.15, 0.2) is 85.1 Å². The molecule has 0 saturated carbocycles. The largest absolute Gasteiger partial charge is 0.347 e. The third kappa shape index (κ3) is 5.17. The SMILES string of the molecule is O=C(C[C@H](c1ccccc1)c1cn(Cc2ccccc2)c2ccc([N+](=O)[O-])cc12)N1CCC2(CC1)OCCO2. The zero-order valence-electron chi connectivity index (χ0n) is 21.7. The molecule has 0 unspecified atom stereocenters. The Bertz CT molecular complexity index is 1470. The van der Waals surface area contributed by atoms with E-state index in [1.165, 1.54) is 0 Å². The van der Waals surface area contributed by atoms with Crippen molar-refractivity contribution in [3.63, 3.8) is 0 Å². The summed E-state index contributed by atoms with van der Waals surface area (Å²) >= 11 is 0. The maximum absolute atomic E-state index is 13.7. The van der Waals surface area contributed by atoms with Crippen LogP contribution in [0.3, 0.4) is 0 Å². The Morgan fingerprint density at radius 1 is 0.949 bits per heavy atom. The average Bonchev–Trinajstić information content (AvgIpc) is 3.57. The number of nitro benzene ring substituents is 1. The van der Waals surface area contributed by atoms with E-state index >= 15 is 0 Å². The van der Waals surface area contributed by atoms with Gasteiger partial charge in [-0.3, -0.25) is 14.9 Å². The highest BCUT2D eigenvalue weighted by Crippen LogP contribution is 2.38. The van der Waals surface area contributed by atoms with E-state index in [9.17, 15) is 14.9 Å². The second-order valence-corrected chi connectivity index (χ2v) is 10.3. The number of amides is 1. The molecule has 1 amide bonds. The minimum atomic E-state index is -0.542. The second kappa shape index (κ2) is 10.6. The van der Waals surface area contributed by atoms with E-state index in [-0.39, 0.29) is 28.9 Å². The molecule has 4 aromatic rings. The molecular formula is C31H31N3O5. The van der Waals surface area contributed by atoms with Gasteiger partial charge in [0.1, 0.15) is 0 Å². The van der Waals surface area contributed by atoms with Gasteiger partial charge in [-0.15, -0.1) is 0 Å². The van der Waals surface area contributed by atoms with Gasteiger partial charge in [0, 0.05) is 74.0 Å². The number of hydrogen-bond acceptors (Lipinski definition) is 5. The summed E-state index contributed by atoms with van der Waals surface area (Å²) in [5.41, 5.74) is 4.00. The molecule has 0 N–H and O–H groups in total. The van der Waals surface area contributed by atoms with Crippen LogP contribution in [0.25, 0.3) is 10.9 Å². The summed E-state index contributed by atoms with van der Waals surface area (Å²) in [5, 5.41) is 12.5. The van der Waals surface area contributed by atoms with Gasteiger partial charge in [-0.05, 0) is 22.8 Å². The van der Waals surface area contributed by atoms with Crippen molar-refractivity contribution in [3.05, 3.63) is 112 Å². The van der Waals surface area contributed by atoms with Crippen molar-refractivity contribution in [1.29, 1.82) is 0 Å². The molecule has 1 atom stereocenters. The van der Waals surface area contributed by atoms with Crippen molar-refractivity contribution in [1.82, 2.24) is 9.47 Å². The highest BCUT2D eigenvalue weighted by molar-refractivity contribution is 5.88. The van der Waals surface area contributed by atoms with Gasteiger partial charge in [0.05, 0.1) is 18.1 Å². The fraction of sp³-hybridized carbons (Fsp3) is 0.323. The number of ether oxygens (including phenoxy) is 2. The third-order valence-corrected chi connectivity index (χ3v) is 7.95. The van der Waals surface area contributed by atoms with E-state index < -0.39 is 5.79 Å². The monoisotopic (exact) mass is 525 g/mol. The summed E-state index contributed by atoms with van der Waals surface area (Å²) in [4.78, 5) is 26.9. The van der Waals surface area contributed by atoms with Crippen molar-refractivity contribution in [2.75, 3.05) is 26.3 Å². The predicted octanol–water partition coefficient (Wildman–Crippen LogP) is 5.49. The summed E-state index contributed by atoms with van der Waals surface area (Å²) in [6, 6.07) is 25.1. The molecule has 200 valence electrons. The Labute approximate surface area is 226 Å². The number of nitrogens with zero attached hydrogens (tertiary/aromatic N) is 3. The minimum absolute atomic E-state index is 0.0391. The van der Waals surface area contributed by atoms with Gasteiger partial charge < -0.3 is 18.9 Å². The highest BCUT2D eigenvalue weighted by Gasteiger charge is 2.41. The van der Waals surface area contributed by atoms with E-state index in [0.717, 1.165) is 27.6 Å². The minimum Gasteiger partial charge on any atom is -0.347 e. The topological polar surface area (TPSA) is 86.8 Å². The number of aromatic nitrogens is 1. The number of nitro groups is 1. The van der Waals surface area contributed by atoms with Crippen LogP contribution >= 0.6 is 0 Å². The Morgan fingerprint density at radius 3 is 2.28 bits per heavy atom. The van der Waals surface area contributed by atoms with Crippen LogP contribution < -0.4 is 0 Å². The Kier molecular flexibility index (Phi) is 6.89. The number of piperidine rings is 1. The first-order valence-corrected chi connectivity index (χ1v) is 13.4. The van der Waals surface area contributed by atoms with Crippen molar-refractivity contribution in [2.45, 2.75) is 37.5 Å². The van der Waals surface area contributed by atoms with Crippen molar-refractivity contribution in [3.8, 4) is 0 Å². The highest BCUT2D eigenvalue weighted by atomic mass is 16.7. The number of hydrogen-bond donors (Lipinski definition) is 0. The van der Waals surface area contributed by atoms with Gasteiger partial charge in [-0.25, -0.2) is 0 Å². The van der Waals surface area contributed by atoms with Crippen LogP contribution in [-0.2, 0) is 20.8 Å². The van der Waals surface area contributed by atoms with Gasteiger partial charge in [-0.1, -0.05) is 60.7 Å². The molecule has 2 aliphatic heterocycles. The van der Waals surface area contributed by atoms with Crippen LogP contribution in [0.1, 0.15) is 41.9 Å². The molecule has 1 spiro atoms. The van der Waals surface area contributed by atoms with Gasteiger partial charge >= 0.3 is 0 Å². The van der Waals surface area contributed by atoms with Crippen LogP contribution in [0, 0.1) is 10.1 Å². The molecule has 8 nitrogen and oxygen atoms in total. The molecule has 3 heterocycles. The molecule has 2 fully saturated rings. The van der Waals surface area contributed by atoms with E-state index in [2.05, 4.69) is 22.9 Å². The molecular weight excluding hydrogens is 494 g/mol. The van der Waals surface area contributed by atoms with Crippen LogP contribution in [0.2, 0.25) is 0 Å². The van der Waals surface area contributed by atoms with Crippen LogP contribution in [0.5, 0.6) is 0 Å². The molecule has 0 bridgehead atoms. The summed E-state index contributed by atoms with van der Waals surface area (Å²) in [7, 11) is 0. The molecule has 3 aromatic carbocycles. The number of benzene rings is 3. The van der Waals surface area contributed by atoms with Gasteiger partial charge in [-0.2, -0.15) is 0 Å². The first-order valence-electron chi connectivity index (χ1n) is 13.4. The van der Waals surface area contributed by atoms with E-state index in [1.807, 2.05) is 59.5 Å². The molecule has 39 heavy (non-hydrogen) atoms. The predicted molar refractivity (Wildman–Crippen MR) is 147 cm³/mol. The van der Waals surface area contributed by atoms with Crippen LogP contribution in [0.4, 0.5) is 5.69 Å². The quantitative estimate of drug-likeness (QED) is 0.235. The van der Waals surface area contributed by atoms with Crippen LogP contribution in [-0.4, -0.2) is 52.4 Å². The van der Waals surface area contributed by atoms with E-state index in [1.54, 1.807) is 12.1 Å². The van der Waals surface area contributed by atoms with Gasteiger partial charge in [0.15, 0.2) is 5.79 Å². The lowest BCUT2D eigenvalue weighted by Crippen LogP contribution is -2.47. The molecule has 8 heteroatoms. The summed E-state index contributed by atoms with van der Waals surface area (Å²) < 4.78 is 13.8. The Balaban J connectivity index is 1.37. The molecule has 2 saturated heterocycles. The third-order valence-electron chi connectivity index (χ3n) is 7.95. The fourth-order valence-corrected chi connectivity index (χ4v) is 5.89. The Morgan fingerprint density at radius 2 is 1.62 bits per heavy atom. The lowest BCUT2D eigenvalue weighted by Gasteiger charge is -2.38. The normalized spacial score (nSPS) is 17.5. The zero-order valence-corrected chi connectivity index (χ0v) is 21.7. The second-order valence-electron chi connectivity index (χ2n) is 10.3. The molecule has 6 rings (SSSR count). The molecule has 0 radical (unpaired) electrons. The van der Waals surface area contributed by atoms with Crippen molar-refractivity contribution >= 4 is 22.5 Å². The summed E-state index contributed by atoms with van der Waals surface area (Å²) in [5.74, 6) is -0.736. The average molecular weight is 526 g/mol. The number of non-ortho nitro benzene ring substituents is 1. The van der Waals surface area contributed by atoms with Crippen molar-refractivity contribution < 1.29 is 19.2 Å². The maximum Gasteiger partial charge on any atom is 0.270 e. The summed E-state index contributed by atoms with van der Waals surface area (Å²) in [6.45, 7) is 2.99. The van der Waals surface area contributed by atoms with Gasteiger partial charge in [0.25, 0.3) is 5.69 Å². The zero-order chi connectivity index (χ0) is 26.8. The lowest BCUT2D eigenvalue weighted by molar-refractivity contribution is -0.384.